The Balaban J connectivity index is 1.77. The van der Waals surface area contributed by atoms with E-state index >= 15 is 0 Å². The third-order valence-electron chi connectivity index (χ3n) is 4.71. The molecule has 3 heterocycles. The first-order valence-corrected chi connectivity index (χ1v) is 14.4. The zero-order chi connectivity index (χ0) is 23.5. The number of pyridine rings is 2. The summed E-state index contributed by atoms with van der Waals surface area (Å²) in [5, 5.41) is 3.49. The van der Waals surface area contributed by atoms with Crippen LogP contribution in [0.2, 0.25) is 25.7 Å². The minimum absolute atomic E-state index is 0.379. The van der Waals surface area contributed by atoms with Gasteiger partial charge in [-0.05, 0) is 45.0 Å². The van der Waals surface area contributed by atoms with E-state index in [4.69, 9.17) is 15.2 Å². The van der Waals surface area contributed by atoms with E-state index in [2.05, 4.69) is 34.9 Å². The van der Waals surface area contributed by atoms with Crippen molar-refractivity contribution in [1.82, 2.24) is 14.5 Å². The summed E-state index contributed by atoms with van der Waals surface area (Å²) in [5.74, 6) is 0.379. The molecule has 172 valence electrons. The summed E-state index contributed by atoms with van der Waals surface area (Å²) in [5.41, 5.74) is 8.54. The minimum Gasteiger partial charge on any atom is -0.444 e. The van der Waals surface area contributed by atoms with Crippen LogP contribution in [0.25, 0.3) is 22.3 Å². The monoisotopic (exact) mass is 455 g/mol. The standard InChI is InChI=1S/C23H33N5O3Si/c1-23(2,3)31-22(29)27-19-9-7-8-18(26-19)17-14-25-21-16(20(17)24)10-11-28(21)15-30-12-13-32(4,5)6/h7-11,14H,12-13,15H2,1-6H3,(H2,24,25)(H,26,27,29). The fourth-order valence-electron chi connectivity index (χ4n) is 3.07. The highest BCUT2D eigenvalue weighted by atomic mass is 28.3. The van der Waals surface area contributed by atoms with Crippen LogP contribution in [0.4, 0.5) is 16.3 Å². The molecule has 9 heteroatoms. The first-order chi connectivity index (χ1) is 14.9. The minimum atomic E-state index is -1.12. The molecule has 0 aliphatic rings. The van der Waals surface area contributed by atoms with Gasteiger partial charge in [0.05, 0.1) is 11.4 Å². The highest BCUT2D eigenvalue weighted by Crippen LogP contribution is 2.31. The normalized spacial score (nSPS) is 12.2. The van der Waals surface area contributed by atoms with Crippen LogP contribution >= 0.6 is 0 Å². The quantitative estimate of drug-likeness (QED) is 0.368. The smallest absolute Gasteiger partial charge is 0.413 e. The third kappa shape index (κ3) is 6.30. The van der Waals surface area contributed by atoms with Crippen molar-refractivity contribution >= 4 is 36.7 Å². The van der Waals surface area contributed by atoms with Crippen molar-refractivity contribution in [2.24, 2.45) is 0 Å². The maximum absolute atomic E-state index is 12.1. The number of nitrogens with zero attached hydrogens (tertiary/aromatic N) is 3. The van der Waals surface area contributed by atoms with Crippen molar-refractivity contribution in [3.05, 3.63) is 36.7 Å². The van der Waals surface area contributed by atoms with Crippen LogP contribution in [-0.4, -0.2) is 40.9 Å². The summed E-state index contributed by atoms with van der Waals surface area (Å²) in [4.78, 5) is 21.2. The summed E-state index contributed by atoms with van der Waals surface area (Å²) < 4.78 is 13.1. The summed E-state index contributed by atoms with van der Waals surface area (Å²) in [7, 11) is -1.12. The predicted molar refractivity (Wildman–Crippen MR) is 131 cm³/mol. The maximum Gasteiger partial charge on any atom is 0.413 e. The number of hydrogen-bond acceptors (Lipinski definition) is 6. The van der Waals surface area contributed by atoms with Crippen molar-refractivity contribution in [1.29, 1.82) is 0 Å². The number of amides is 1. The van der Waals surface area contributed by atoms with E-state index in [0.717, 1.165) is 23.7 Å². The summed E-state index contributed by atoms with van der Waals surface area (Å²) in [6.07, 6.45) is 3.07. The second-order valence-electron chi connectivity index (χ2n) is 9.99. The van der Waals surface area contributed by atoms with Crippen LogP contribution in [-0.2, 0) is 16.2 Å². The molecule has 3 rings (SSSR count). The van der Waals surface area contributed by atoms with Gasteiger partial charge in [0.25, 0.3) is 0 Å². The summed E-state index contributed by atoms with van der Waals surface area (Å²) in [6, 6.07) is 8.38. The molecule has 0 unspecified atom stereocenters. The zero-order valence-electron chi connectivity index (χ0n) is 19.7. The Morgan fingerprint density at radius 1 is 1.22 bits per heavy atom. The topological polar surface area (TPSA) is 104 Å². The van der Waals surface area contributed by atoms with Gasteiger partial charge in [0.15, 0.2) is 0 Å². The van der Waals surface area contributed by atoms with Crippen LogP contribution in [0.15, 0.2) is 36.7 Å². The average Bonchev–Trinajstić information content (AvgIpc) is 3.07. The highest BCUT2D eigenvalue weighted by molar-refractivity contribution is 6.76. The number of nitrogens with one attached hydrogen (secondary N) is 1. The predicted octanol–water partition coefficient (Wildman–Crippen LogP) is 5.34. The third-order valence-corrected chi connectivity index (χ3v) is 6.42. The number of anilines is 2. The van der Waals surface area contributed by atoms with Gasteiger partial charge < -0.3 is 19.8 Å². The van der Waals surface area contributed by atoms with Crippen LogP contribution in [0, 0.1) is 0 Å². The lowest BCUT2D eigenvalue weighted by molar-refractivity contribution is 0.0635. The molecular formula is C23H33N5O3Si. The number of carbonyl (C=O) groups is 1. The van der Waals surface area contributed by atoms with Gasteiger partial charge in [0, 0.05) is 38.0 Å². The van der Waals surface area contributed by atoms with E-state index in [9.17, 15) is 4.79 Å². The van der Waals surface area contributed by atoms with Crippen LogP contribution in [0.1, 0.15) is 20.8 Å². The molecule has 0 spiro atoms. The fraction of sp³-hybridized carbons (Fsp3) is 0.435. The van der Waals surface area contributed by atoms with Crippen LogP contribution in [0.3, 0.4) is 0 Å². The molecule has 0 bridgehead atoms. The second kappa shape index (κ2) is 9.29. The molecule has 1 amide bonds. The van der Waals surface area contributed by atoms with Crippen molar-refractivity contribution in [2.45, 2.75) is 58.8 Å². The van der Waals surface area contributed by atoms with E-state index in [0.29, 0.717) is 29.5 Å². The number of carbonyl (C=O) groups excluding carboxylic acids is 1. The first kappa shape index (κ1) is 23.7. The molecule has 0 aliphatic carbocycles. The molecule has 3 aromatic heterocycles. The van der Waals surface area contributed by atoms with Gasteiger partial charge in [-0.25, -0.2) is 14.8 Å². The number of rotatable bonds is 7. The highest BCUT2D eigenvalue weighted by Gasteiger charge is 2.18. The number of nitrogens with two attached hydrogens (primary N) is 1. The van der Waals surface area contributed by atoms with Gasteiger partial charge in [-0.3, -0.25) is 5.32 Å². The Labute approximate surface area is 190 Å². The second-order valence-corrected chi connectivity index (χ2v) is 15.6. The lowest BCUT2D eigenvalue weighted by Gasteiger charge is -2.19. The van der Waals surface area contributed by atoms with E-state index in [1.165, 1.54) is 0 Å². The van der Waals surface area contributed by atoms with Gasteiger partial charge in [-0.2, -0.15) is 0 Å². The number of ether oxygens (including phenoxy) is 2. The van der Waals surface area contributed by atoms with E-state index in [1.54, 1.807) is 18.3 Å². The maximum atomic E-state index is 12.1. The lowest BCUT2D eigenvalue weighted by Crippen LogP contribution is -2.27. The molecule has 0 fully saturated rings. The van der Waals surface area contributed by atoms with Gasteiger partial charge in [-0.15, -0.1) is 0 Å². The molecule has 0 saturated carbocycles. The lowest BCUT2D eigenvalue weighted by atomic mass is 10.1. The molecule has 8 nitrogen and oxygen atoms in total. The van der Waals surface area contributed by atoms with Gasteiger partial charge in [0.1, 0.15) is 23.8 Å². The van der Waals surface area contributed by atoms with Gasteiger partial charge >= 0.3 is 6.09 Å². The Bertz CT molecular complexity index is 1100. The van der Waals surface area contributed by atoms with E-state index in [-0.39, 0.29) is 0 Å². The van der Waals surface area contributed by atoms with E-state index in [1.807, 2.05) is 43.7 Å². The van der Waals surface area contributed by atoms with Crippen LogP contribution in [0.5, 0.6) is 0 Å². The number of hydrogen-bond donors (Lipinski definition) is 2. The average molecular weight is 456 g/mol. The van der Waals surface area contributed by atoms with Crippen molar-refractivity contribution in [3.63, 3.8) is 0 Å². The van der Waals surface area contributed by atoms with Gasteiger partial charge in [-0.1, -0.05) is 25.7 Å². The number of nitrogen functional groups attached to an aromatic ring is 1. The molecule has 0 aromatic carbocycles. The Kier molecular flexibility index (Phi) is 6.90. The Morgan fingerprint density at radius 2 is 1.97 bits per heavy atom. The molecule has 32 heavy (non-hydrogen) atoms. The van der Waals surface area contributed by atoms with Crippen molar-refractivity contribution < 1.29 is 14.3 Å². The SMILES string of the molecule is CC(C)(C)OC(=O)Nc1cccc(-c2cnc3c(ccn3COCC[Si](C)(C)C)c2N)n1. The molecule has 3 N–H and O–H groups in total. The van der Waals surface area contributed by atoms with Crippen molar-refractivity contribution in [3.8, 4) is 11.3 Å². The molecule has 0 atom stereocenters. The number of aromatic nitrogens is 3. The van der Waals surface area contributed by atoms with Gasteiger partial charge in [0.2, 0.25) is 0 Å². The fourth-order valence-corrected chi connectivity index (χ4v) is 3.83. The molecular weight excluding hydrogens is 422 g/mol. The van der Waals surface area contributed by atoms with Crippen molar-refractivity contribution in [2.75, 3.05) is 17.7 Å². The number of fused-ring (bicyclic) bond motifs is 1. The molecule has 0 saturated heterocycles. The Hall–Kier alpha value is -2.91. The van der Waals surface area contributed by atoms with Crippen LogP contribution < -0.4 is 11.1 Å². The Morgan fingerprint density at radius 3 is 2.66 bits per heavy atom. The van der Waals surface area contributed by atoms with E-state index < -0.39 is 19.8 Å². The summed E-state index contributed by atoms with van der Waals surface area (Å²) >= 11 is 0. The largest absolute Gasteiger partial charge is 0.444 e. The molecule has 3 aromatic rings. The first-order valence-electron chi connectivity index (χ1n) is 10.7. The molecule has 0 aliphatic heterocycles. The zero-order valence-corrected chi connectivity index (χ0v) is 20.7. The summed E-state index contributed by atoms with van der Waals surface area (Å²) in [6.45, 7) is 13.6. The molecule has 0 radical (unpaired) electrons.